The van der Waals surface area contributed by atoms with E-state index < -0.39 is 0 Å². The van der Waals surface area contributed by atoms with E-state index in [1.54, 1.807) is 0 Å². The van der Waals surface area contributed by atoms with Gasteiger partial charge in [-0.05, 0) is 19.4 Å². The van der Waals surface area contributed by atoms with Crippen LogP contribution in [0, 0.1) is 13.8 Å². The molecule has 0 saturated carbocycles. The normalized spacial score (nSPS) is 12.7. The Bertz CT molecular complexity index is 474. The third kappa shape index (κ3) is 1.99. The van der Waals surface area contributed by atoms with Crippen molar-refractivity contribution in [1.29, 1.82) is 0 Å². The molecule has 1 unspecified atom stereocenters. The molecular weight excluding hydrogens is 198 g/mol. The molecule has 1 atom stereocenters. The minimum absolute atomic E-state index is 0.183. The summed E-state index contributed by atoms with van der Waals surface area (Å²) in [4.78, 5) is 4.24. The van der Waals surface area contributed by atoms with Gasteiger partial charge in [-0.15, -0.1) is 0 Å². The van der Waals surface area contributed by atoms with E-state index >= 15 is 0 Å². The van der Waals surface area contributed by atoms with Crippen LogP contribution < -0.4 is 5.73 Å². The van der Waals surface area contributed by atoms with Crippen molar-refractivity contribution in [3.63, 3.8) is 0 Å². The molecule has 0 aliphatic rings. The molecule has 0 radical (unpaired) electrons. The van der Waals surface area contributed by atoms with E-state index in [0.717, 1.165) is 5.82 Å². The molecular formula is C13H17N3. The summed E-state index contributed by atoms with van der Waals surface area (Å²) >= 11 is 0. The van der Waals surface area contributed by atoms with E-state index in [1.807, 2.05) is 19.3 Å². The third-order valence-corrected chi connectivity index (χ3v) is 2.85. The summed E-state index contributed by atoms with van der Waals surface area (Å²) in [6.45, 7) is 4.68. The second-order valence-electron chi connectivity index (χ2n) is 4.05. The summed E-state index contributed by atoms with van der Waals surface area (Å²) in [6.07, 6.45) is 3.79. The molecule has 2 rings (SSSR count). The Balaban J connectivity index is 2.40. The molecule has 84 valence electrons. The van der Waals surface area contributed by atoms with Crippen LogP contribution in [0.15, 0.2) is 36.7 Å². The number of benzene rings is 1. The maximum atomic E-state index is 5.87. The lowest BCUT2D eigenvalue weighted by atomic mass is 10.0. The molecule has 16 heavy (non-hydrogen) atoms. The summed E-state index contributed by atoms with van der Waals surface area (Å²) in [5, 5.41) is 0. The van der Waals surface area contributed by atoms with E-state index in [1.165, 1.54) is 11.1 Å². The maximum absolute atomic E-state index is 5.87. The molecule has 0 fully saturated rings. The van der Waals surface area contributed by atoms with Crippen molar-refractivity contribution in [2.24, 2.45) is 5.73 Å². The molecule has 2 N–H and O–H groups in total. The Hall–Kier alpha value is -1.61. The fourth-order valence-electron chi connectivity index (χ4n) is 2.00. The number of aromatic nitrogens is 2. The number of nitrogens with two attached hydrogens (primary N) is 1. The van der Waals surface area contributed by atoms with Gasteiger partial charge in [0.1, 0.15) is 5.82 Å². The van der Waals surface area contributed by atoms with Gasteiger partial charge in [0.15, 0.2) is 0 Å². The lowest BCUT2D eigenvalue weighted by Gasteiger charge is -2.19. The van der Waals surface area contributed by atoms with Crippen LogP contribution in [-0.2, 0) is 0 Å². The lowest BCUT2D eigenvalue weighted by molar-refractivity contribution is 0.578. The van der Waals surface area contributed by atoms with Gasteiger partial charge < -0.3 is 10.3 Å². The zero-order valence-electron chi connectivity index (χ0n) is 9.72. The molecule has 2 aromatic rings. The van der Waals surface area contributed by atoms with Crippen LogP contribution in [-0.4, -0.2) is 16.1 Å². The minimum atomic E-state index is 0.183. The second-order valence-corrected chi connectivity index (χ2v) is 4.05. The first-order valence-corrected chi connectivity index (χ1v) is 5.48. The van der Waals surface area contributed by atoms with Crippen molar-refractivity contribution < 1.29 is 0 Å². The van der Waals surface area contributed by atoms with Crippen molar-refractivity contribution >= 4 is 0 Å². The average Bonchev–Trinajstić information content (AvgIpc) is 2.67. The Morgan fingerprint density at radius 2 is 2.19 bits per heavy atom. The first-order chi connectivity index (χ1) is 7.72. The standard InChI is InChI=1S/C13H17N3/c1-10-4-3-5-12(8-10)13(9-14)16-7-6-15-11(16)2/h3-8,13H,9,14H2,1-2H3. The van der Waals surface area contributed by atoms with Gasteiger partial charge in [0, 0.05) is 18.9 Å². The van der Waals surface area contributed by atoms with Gasteiger partial charge in [0.25, 0.3) is 0 Å². The molecule has 0 aliphatic carbocycles. The first kappa shape index (κ1) is 10.9. The topological polar surface area (TPSA) is 43.8 Å². The zero-order chi connectivity index (χ0) is 11.5. The predicted octanol–water partition coefficient (Wildman–Crippen LogP) is 2.05. The van der Waals surface area contributed by atoms with Crippen molar-refractivity contribution in [2.45, 2.75) is 19.9 Å². The molecule has 1 heterocycles. The largest absolute Gasteiger partial charge is 0.328 e. The second kappa shape index (κ2) is 4.49. The van der Waals surface area contributed by atoms with Gasteiger partial charge >= 0.3 is 0 Å². The third-order valence-electron chi connectivity index (χ3n) is 2.85. The van der Waals surface area contributed by atoms with Crippen LogP contribution in [0.2, 0.25) is 0 Å². The quantitative estimate of drug-likeness (QED) is 0.851. The molecule has 0 spiro atoms. The number of rotatable bonds is 3. The Kier molecular flexibility index (Phi) is 3.06. The molecule has 0 amide bonds. The summed E-state index contributed by atoms with van der Waals surface area (Å²) in [6, 6.07) is 8.64. The van der Waals surface area contributed by atoms with Gasteiger partial charge in [-0.3, -0.25) is 0 Å². The molecule has 1 aromatic heterocycles. The molecule has 0 aliphatic heterocycles. The van der Waals surface area contributed by atoms with Crippen molar-refractivity contribution in [2.75, 3.05) is 6.54 Å². The minimum Gasteiger partial charge on any atom is -0.328 e. The van der Waals surface area contributed by atoms with Crippen molar-refractivity contribution in [1.82, 2.24) is 9.55 Å². The van der Waals surface area contributed by atoms with E-state index in [0.29, 0.717) is 6.54 Å². The van der Waals surface area contributed by atoms with E-state index in [4.69, 9.17) is 5.73 Å². The summed E-state index contributed by atoms with van der Waals surface area (Å²) < 4.78 is 2.12. The van der Waals surface area contributed by atoms with Crippen LogP contribution in [0.4, 0.5) is 0 Å². The average molecular weight is 215 g/mol. The molecule has 3 nitrogen and oxygen atoms in total. The summed E-state index contributed by atoms with van der Waals surface area (Å²) in [7, 11) is 0. The van der Waals surface area contributed by atoms with E-state index in [2.05, 4.69) is 40.7 Å². The van der Waals surface area contributed by atoms with Gasteiger partial charge in [0.05, 0.1) is 6.04 Å². The SMILES string of the molecule is Cc1cccc(C(CN)n2ccnc2C)c1. The van der Waals surface area contributed by atoms with Crippen LogP contribution in [0.3, 0.4) is 0 Å². The van der Waals surface area contributed by atoms with Crippen LogP contribution in [0.5, 0.6) is 0 Å². The van der Waals surface area contributed by atoms with E-state index in [9.17, 15) is 0 Å². The molecule has 1 aromatic carbocycles. The highest BCUT2D eigenvalue weighted by atomic mass is 15.1. The number of hydrogen-bond donors (Lipinski definition) is 1. The molecule has 3 heteroatoms. The number of aryl methyl sites for hydroxylation is 2. The van der Waals surface area contributed by atoms with Crippen LogP contribution in [0.1, 0.15) is 23.0 Å². The van der Waals surface area contributed by atoms with Crippen molar-refractivity contribution in [3.8, 4) is 0 Å². The highest BCUT2D eigenvalue weighted by Crippen LogP contribution is 2.19. The number of imidazole rings is 1. The first-order valence-electron chi connectivity index (χ1n) is 5.48. The lowest BCUT2D eigenvalue weighted by Crippen LogP contribution is -2.21. The van der Waals surface area contributed by atoms with Gasteiger partial charge in [-0.25, -0.2) is 4.98 Å². The van der Waals surface area contributed by atoms with Crippen LogP contribution >= 0.6 is 0 Å². The summed E-state index contributed by atoms with van der Waals surface area (Å²) in [5.74, 6) is 0.997. The number of hydrogen-bond acceptors (Lipinski definition) is 2. The predicted molar refractivity (Wildman–Crippen MR) is 65.3 cm³/mol. The van der Waals surface area contributed by atoms with Gasteiger partial charge in [0.2, 0.25) is 0 Å². The highest BCUT2D eigenvalue weighted by molar-refractivity contribution is 5.26. The number of nitrogens with zero attached hydrogens (tertiary/aromatic N) is 2. The van der Waals surface area contributed by atoms with Gasteiger partial charge in [-0.2, -0.15) is 0 Å². The van der Waals surface area contributed by atoms with Crippen LogP contribution in [0.25, 0.3) is 0 Å². The highest BCUT2D eigenvalue weighted by Gasteiger charge is 2.13. The molecule has 0 saturated heterocycles. The zero-order valence-corrected chi connectivity index (χ0v) is 9.72. The Labute approximate surface area is 95.9 Å². The molecule has 0 bridgehead atoms. The Morgan fingerprint density at radius 3 is 2.75 bits per heavy atom. The van der Waals surface area contributed by atoms with Crippen molar-refractivity contribution in [3.05, 3.63) is 53.6 Å². The fraction of sp³-hybridized carbons (Fsp3) is 0.308. The van der Waals surface area contributed by atoms with Gasteiger partial charge in [-0.1, -0.05) is 29.8 Å². The Morgan fingerprint density at radius 1 is 1.38 bits per heavy atom. The smallest absolute Gasteiger partial charge is 0.106 e. The monoisotopic (exact) mass is 215 g/mol. The maximum Gasteiger partial charge on any atom is 0.106 e. The fourth-order valence-corrected chi connectivity index (χ4v) is 2.00. The summed E-state index contributed by atoms with van der Waals surface area (Å²) in [5.41, 5.74) is 8.36. The van der Waals surface area contributed by atoms with E-state index in [-0.39, 0.29) is 6.04 Å².